The molecule has 0 bridgehead atoms. The highest BCUT2D eigenvalue weighted by atomic mass is 32.1. The van der Waals surface area contributed by atoms with Gasteiger partial charge in [-0.25, -0.2) is 0 Å². The van der Waals surface area contributed by atoms with E-state index in [1.807, 2.05) is 6.07 Å². The third kappa shape index (κ3) is 4.98. The maximum absolute atomic E-state index is 9.06. The summed E-state index contributed by atoms with van der Waals surface area (Å²) in [6, 6.07) is 10.9. The van der Waals surface area contributed by atoms with Crippen molar-refractivity contribution in [3.05, 3.63) is 46.7 Å². The summed E-state index contributed by atoms with van der Waals surface area (Å²) in [7, 11) is -1.47. The molecule has 0 aliphatic heterocycles. The molecule has 0 amide bonds. The molecule has 0 fully saturated rings. The molecule has 4 nitrogen and oxygen atoms in total. The highest BCUT2D eigenvalue weighted by Crippen LogP contribution is 2.09. The van der Waals surface area contributed by atoms with E-state index in [-0.39, 0.29) is 0 Å². The molecule has 0 radical (unpaired) electrons. The second kappa shape index (κ2) is 8.06. The zero-order valence-electron chi connectivity index (χ0n) is 11.1. The lowest BCUT2D eigenvalue weighted by Gasteiger charge is -2.08. The second-order valence-corrected chi connectivity index (χ2v) is 5.27. The second-order valence-electron chi connectivity index (χ2n) is 4.24. The lowest BCUT2D eigenvalue weighted by molar-refractivity contribution is 0.103. The van der Waals surface area contributed by atoms with Crippen LogP contribution in [0.5, 0.6) is 5.75 Å². The number of ether oxygens (including phenoxy) is 2. The standard InChI is InChI=1S/C14H17BO4S/c16-15(17)12-3-1-4-13(11-12)19-9-8-18-7-6-14-5-2-10-20-14/h1-5,10-11,16-17H,6-9H2. The Balaban J connectivity index is 1.62. The van der Waals surface area contributed by atoms with Gasteiger partial charge < -0.3 is 19.5 Å². The number of hydrogen-bond donors (Lipinski definition) is 2. The summed E-state index contributed by atoms with van der Waals surface area (Å²) in [6.45, 7) is 1.63. The summed E-state index contributed by atoms with van der Waals surface area (Å²) < 4.78 is 11.0. The Labute approximate surface area is 122 Å². The summed E-state index contributed by atoms with van der Waals surface area (Å²) in [5.41, 5.74) is 0.418. The number of hydrogen-bond acceptors (Lipinski definition) is 5. The van der Waals surface area contributed by atoms with E-state index in [9.17, 15) is 0 Å². The van der Waals surface area contributed by atoms with Crippen LogP contribution in [0.15, 0.2) is 41.8 Å². The Hall–Kier alpha value is -1.34. The SMILES string of the molecule is OB(O)c1cccc(OCCOCCc2cccs2)c1. The number of thiophene rings is 1. The van der Waals surface area contributed by atoms with Gasteiger partial charge >= 0.3 is 7.12 Å². The summed E-state index contributed by atoms with van der Waals surface area (Å²) in [4.78, 5) is 1.32. The van der Waals surface area contributed by atoms with E-state index in [1.54, 1.807) is 35.6 Å². The van der Waals surface area contributed by atoms with Gasteiger partial charge in [0.25, 0.3) is 0 Å². The first-order chi connectivity index (χ1) is 9.75. The average Bonchev–Trinajstić information content (AvgIpc) is 2.96. The Morgan fingerprint density at radius 3 is 2.70 bits per heavy atom. The van der Waals surface area contributed by atoms with Crippen LogP contribution in [-0.2, 0) is 11.2 Å². The lowest BCUT2D eigenvalue weighted by Crippen LogP contribution is -2.29. The monoisotopic (exact) mass is 292 g/mol. The Morgan fingerprint density at radius 2 is 1.95 bits per heavy atom. The van der Waals surface area contributed by atoms with E-state index in [2.05, 4.69) is 11.4 Å². The maximum atomic E-state index is 9.06. The average molecular weight is 292 g/mol. The fourth-order valence-electron chi connectivity index (χ4n) is 1.71. The van der Waals surface area contributed by atoms with E-state index in [1.165, 1.54) is 4.88 Å². The van der Waals surface area contributed by atoms with E-state index in [4.69, 9.17) is 19.5 Å². The van der Waals surface area contributed by atoms with E-state index >= 15 is 0 Å². The van der Waals surface area contributed by atoms with Gasteiger partial charge in [0, 0.05) is 11.3 Å². The van der Waals surface area contributed by atoms with Crippen LogP contribution in [0.3, 0.4) is 0 Å². The molecule has 2 rings (SSSR count). The van der Waals surface area contributed by atoms with E-state index in [0.29, 0.717) is 31.0 Å². The molecule has 20 heavy (non-hydrogen) atoms. The summed E-state index contributed by atoms with van der Waals surface area (Å²) in [5.74, 6) is 0.609. The fourth-order valence-corrected chi connectivity index (χ4v) is 2.40. The number of benzene rings is 1. The minimum absolute atomic E-state index is 0.418. The van der Waals surface area contributed by atoms with Gasteiger partial charge in [0.2, 0.25) is 0 Å². The van der Waals surface area contributed by atoms with Crippen LogP contribution in [0.4, 0.5) is 0 Å². The van der Waals surface area contributed by atoms with Crippen molar-refractivity contribution in [3.63, 3.8) is 0 Å². The molecule has 0 saturated heterocycles. The van der Waals surface area contributed by atoms with Crippen molar-refractivity contribution >= 4 is 23.9 Å². The van der Waals surface area contributed by atoms with Crippen molar-refractivity contribution in [2.75, 3.05) is 19.8 Å². The molecule has 1 aromatic heterocycles. The van der Waals surface area contributed by atoms with Crippen LogP contribution in [0.1, 0.15) is 4.88 Å². The molecule has 0 aliphatic carbocycles. The van der Waals surface area contributed by atoms with E-state index < -0.39 is 7.12 Å². The third-order valence-electron chi connectivity index (χ3n) is 2.73. The smallest absolute Gasteiger partial charge is 0.488 e. The molecule has 0 spiro atoms. The van der Waals surface area contributed by atoms with Crippen LogP contribution >= 0.6 is 11.3 Å². The van der Waals surface area contributed by atoms with Crippen LogP contribution < -0.4 is 10.2 Å². The van der Waals surface area contributed by atoms with Gasteiger partial charge in [-0.1, -0.05) is 18.2 Å². The molecule has 0 saturated carbocycles. The van der Waals surface area contributed by atoms with Crippen LogP contribution in [0, 0.1) is 0 Å². The zero-order valence-corrected chi connectivity index (χ0v) is 11.9. The van der Waals surface area contributed by atoms with Gasteiger partial charge in [-0.15, -0.1) is 11.3 Å². The van der Waals surface area contributed by atoms with Crippen molar-refractivity contribution < 1.29 is 19.5 Å². The largest absolute Gasteiger partial charge is 0.491 e. The zero-order chi connectivity index (χ0) is 14.2. The topological polar surface area (TPSA) is 58.9 Å². The molecular formula is C14H17BO4S. The lowest BCUT2D eigenvalue weighted by atomic mass is 9.80. The molecule has 2 N–H and O–H groups in total. The normalized spacial score (nSPS) is 10.5. The third-order valence-corrected chi connectivity index (χ3v) is 3.66. The number of rotatable bonds is 8. The van der Waals surface area contributed by atoms with Crippen LogP contribution in [-0.4, -0.2) is 37.0 Å². The maximum Gasteiger partial charge on any atom is 0.488 e. The Bertz CT molecular complexity index is 502. The van der Waals surface area contributed by atoms with Crippen molar-refractivity contribution in [1.29, 1.82) is 0 Å². The quantitative estimate of drug-likeness (QED) is 0.564. The first-order valence-electron chi connectivity index (χ1n) is 6.45. The fraction of sp³-hybridized carbons (Fsp3) is 0.286. The van der Waals surface area contributed by atoms with Crippen molar-refractivity contribution in [2.24, 2.45) is 0 Å². The van der Waals surface area contributed by atoms with Crippen molar-refractivity contribution in [2.45, 2.75) is 6.42 Å². The Morgan fingerprint density at radius 1 is 1.05 bits per heavy atom. The molecule has 106 valence electrons. The minimum atomic E-state index is -1.47. The van der Waals surface area contributed by atoms with Crippen molar-refractivity contribution in [1.82, 2.24) is 0 Å². The first kappa shape index (κ1) is 15.1. The molecule has 0 aliphatic rings. The first-order valence-corrected chi connectivity index (χ1v) is 7.32. The predicted molar refractivity (Wildman–Crippen MR) is 80.6 cm³/mol. The van der Waals surface area contributed by atoms with Crippen LogP contribution in [0.25, 0.3) is 0 Å². The van der Waals surface area contributed by atoms with Gasteiger partial charge in [0.15, 0.2) is 0 Å². The molecule has 6 heteroatoms. The molecule has 1 aromatic carbocycles. The molecule has 1 heterocycles. The molecule has 0 atom stereocenters. The summed E-state index contributed by atoms with van der Waals surface area (Å²) in [6.07, 6.45) is 0.920. The van der Waals surface area contributed by atoms with Crippen molar-refractivity contribution in [3.8, 4) is 5.75 Å². The Kier molecular flexibility index (Phi) is 6.07. The highest BCUT2D eigenvalue weighted by Gasteiger charge is 2.10. The van der Waals surface area contributed by atoms with Crippen LogP contribution in [0.2, 0.25) is 0 Å². The van der Waals surface area contributed by atoms with Gasteiger partial charge in [0.1, 0.15) is 12.4 Å². The van der Waals surface area contributed by atoms with Gasteiger partial charge in [-0.2, -0.15) is 0 Å². The van der Waals surface area contributed by atoms with Gasteiger partial charge in [-0.05, 0) is 29.0 Å². The van der Waals surface area contributed by atoms with Gasteiger partial charge in [0.05, 0.1) is 13.2 Å². The van der Waals surface area contributed by atoms with E-state index in [0.717, 1.165) is 6.42 Å². The summed E-state index contributed by atoms with van der Waals surface area (Å²) in [5, 5.41) is 20.2. The van der Waals surface area contributed by atoms with Gasteiger partial charge in [-0.3, -0.25) is 0 Å². The molecular weight excluding hydrogens is 275 g/mol. The molecule has 0 unspecified atom stereocenters. The highest BCUT2D eigenvalue weighted by molar-refractivity contribution is 7.09. The summed E-state index contributed by atoms with van der Waals surface area (Å²) >= 11 is 1.73. The minimum Gasteiger partial charge on any atom is -0.491 e. The molecule has 2 aromatic rings. The predicted octanol–water partition coefficient (Wildman–Crippen LogP) is 1.07.